The average Bonchev–Trinajstić information content (AvgIpc) is 2.53. The van der Waals surface area contributed by atoms with Crippen LogP contribution in [0, 0.1) is 5.92 Å². The Balaban J connectivity index is 1.99. The minimum atomic E-state index is -1.07. The fraction of sp³-hybridized carbons (Fsp3) is 0.647. The van der Waals surface area contributed by atoms with E-state index < -0.39 is 5.60 Å². The van der Waals surface area contributed by atoms with Crippen LogP contribution in [0.1, 0.15) is 44.6 Å². The molecule has 1 saturated carbocycles. The topological polar surface area (TPSA) is 55.5 Å². The van der Waals surface area contributed by atoms with Crippen LogP contribution in [0.15, 0.2) is 30.3 Å². The first kappa shape index (κ1) is 15.5. The molecule has 0 saturated heterocycles. The van der Waals surface area contributed by atoms with Gasteiger partial charge in [0.05, 0.1) is 12.7 Å². The van der Waals surface area contributed by atoms with Crippen LogP contribution < -0.4 is 5.73 Å². The molecule has 0 radical (unpaired) electrons. The van der Waals surface area contributed by atoms with Crippen molar-refractivity contribution in [1.29, 1.82) is 0 Å². The highest BCUT2D eigenvalue weighted by molar-refractivity contribution is 5.22. The van der Waals surface area contributed by atoms with Gasteiger partial charge in [0.2, 0.25) is 0 Å². The number of aliphatic hydroxyl groups is 1. The monoisotopic (exact) mass is 277 g/mol. The minimum Gasteiger partial charge on any atom is -0.381 e. The van der Waals surface area contributed by atoms with Gasteiger partial charge in [0, 0.05) is 6.54 Å². The smallest absolute Gasteiger partial charge is 0.125 e. The van der Waals surface area contributed by atoms with Crippen molar-refractivity contribution in [1.82, 2.24) is 0 Å². The molecule has 3 heteroatoms. The van der Waals surface area contributed by atoms with E-state index in [1.807, 2.05) is 30.3 Å². The van der Waals surface area contributed by atoms with E-state index in [0.717, 1.165) is 18.4 Å². The number of hydrogen-bond donors (Lipinski definition) is 2. The van der Waals surface area contributed by atoms with Gasteiger partial charge in [-0.05, 0) is 24.3 Å². The van der Waals surface area contributed by atoms with Gasteiger partial charge in [-0.2, -0.15) is 0 Å². The Morgan fingerprint density at radius 2 is 1.95 bits per heavy atom. The van der Waals surface area contributed by atoms with Gasteiger partial charge in [0.1, 0.15) is 5.60 Å². The molecular formula is C17H27NO2. The van der Waals surface area contributed by atoms with E-state index in [-0.39, 0.29) is 19.3 Å². The van der Waals surface area contributed by atoms with Crippen molar-refractivity contribution in [3.63, 3.8) is 0 Å². The van der Waals surface area contributed by atoms with Crippen LogP contribution in [-0.4, -0.2) is 24.4 Å². The van der Waals surface area contributed by atoms with Gasteiger partial charge >= 0.3 is 0 Å². The van der Waals surface area contributed by atoms with E-state index in [2.05, 4.69) is 6.92 Å². The summed E-state index contributed by atoms with van der Waals surface area (Å²) in [6.45, 7) is 2.69. The van der Waals surface area contributed by atoms with Crippen molar-refractivity contribution < 1.29 is 9.84 Å². The Hall–Kier alpha value is -0.900. The Kier molecular flexibility index (Phi) is 5.58. The fourth-order valence-electron chi connectivity index (χ4n) is 3.11. The molecule has 1 aliphatic rings. The lowest BCUT2D eigenvalue weighted by Crippen LogP contribution is -2.42. The fourth-order valence-corrected chi connectivity index (χ4v) is 3.11. The lowest BCUT2D eigenvalue weighted by Gasteiger charge is -2.34. The van der Waals surface area contributed by atoms with Crippen LogP contribution in [0.3, 0.4) is 0 Å². The molecule has 0 amide bonds. The van der Waals surface area contributed by atoms with E-state index in [4.69, 9.17) is 10.5 Å². The molecule has 0 aliphatic heterocycles. The number of ether oxygens (including phenoxy) is 1. The van der Waals surface area contributed by atoms with Gasteiger partial charge in [-0.25, -0.2) is 0 Å². The van der Waals surface area contributed by atoms with Gasteiger partial charge in [-0.1, -0.05) is 56.5 Å². The normalized spacial score (nSPS) is 26.1. The van der Waals surface area contributed by atoms with Crippen molar-refractivity contribution in [3.05, 3.63) is 35.9 Å². The molecule has 0 aromatic heterocycles. The second-order valence-corrected chi connectivity index (χ2v) is 5.90. The zero-order valence-corrected chi connectivity index (χ0v) is 12.4. The van der Waals surface area contributed by atoms with E-state index in [0.29, 0.717) is 5.92 Å². The van der Waals surface area contributed by atoms with Crippen LogP contribution in [-0.2, 0) is 10.3 Å². The quantitative estimate of drug-likeness (QED) is 0.840. The molecule has 2 rings (SSSR count). The Morgan fingerprint density at radius 1 is 1.25 bits per heavy atom. The molecule has 3 unspecified atom stereocenters. The van der Waals surface area contributed by atoms with E-state index in [9.17, 15) is 5.11 Å². The van der Waals surface area contributed by atoms with Crippen LogP contribution in [0.5, 0.6) is 0 Å². The summed E-state index contributed by atoms with van der Waals surface area (Å²) in [7, 11) is 0. The van der Waals surface area contributed by atoms with Gasteiger partial charge < -0.3 is 15.6 Å². The predicted octanol–water partition coefficient (Wildman–Crippen LogP) is 2.82. The van der Waals surface area contributed by atoms with Gasteiger partial charge in [-0.3, -0.25) is 0 Å². The van der Waals surface area contributed by atoms with Gasteiger partial charge in [0.25, 0.3) is 0 Å². The summed E-state index contributed by atoms with van der Waals surface area (Å²) in [6.07, 6.45) is 6.31. The Labute approximate surface area is 122 Å². The molecule has 0 heterocycles. The molecule has 3 atom stereocenters. The number of nitrogens with two attached hydrogens (primary N) is 1. The number of hydrogen-bond acceptors (Lipinski definition) is 3. The molecule has 3 N–H and O–H groups in total. The van der Waals surface area contributed by atoms with Crippen LogP contribution in [0.2, 0.25) is 0 Å². The van der Waals surface area contributed by atoms with Crippen LogP contribution in [0.25, 0.3) is 0 Å². The van der Waals surface area contributed by atoms with Crippen molar-refractivity contribution in [2.75, 3.05) is 13.2 Å². The second-order valence-electron chi connectivity index (χ2n) is 5.90. The largest absolute Gasteiger partial charge is 0.381 e. The minimum absolute atomic E-state index is 0.181. The SMILES string of the molecule is CCC1CCCCC1OCC(O)(CN)c1ccccc1. The molecule has 20 heavy (non-hydrogen) atoms. The maximum absolute atomic E-state index is 10.7. The molecule has 3 nitrogen and oxygen atoms in total. The first-order valence-corrected chi connectivity index (χ1v) is 7.79. The number of rotatable bonds is 6. The molecule has 112 valence electrons. The van der Waals surface area contributed by atoms with Crippen molar-refractivity contribution >= 4 is 0 Å². The highest BCUT2D eigenvalue weighted by Gasteiger charge is 2.31. The molecule has 0 bridgehead atoms. The van der Waals surface area contributed by atoms with Crippen molar-refractivity contribution in [2.24, 2.45) is 11.7 Å². The van der Waals surface area contributed by atoms with E-state index >= 15 is 0 Å². The number of benzene rings is 1. The molecule has 1 aromatic carbocycles. The third kappa shape index (κ3) is 3.60. The third-order valence-electron chi connectivity index (χ3n) is 4.55. The summed E-state index contributed by atoms with van der Waals surface area (Å²) in [4.78, 5) is 0. The van der Waals surface area contributed by atoms with Crippen LogP contribution >= 0.6 is 0 Å². The summed E-state index contributed by atoms with van der Waals surface area (Å²) in [5, 5.41) is 10.7. The lowest BCUT2D eigenvalue weighted by molar-refractivity contribution is -0.0965. The van der Waals surface area contributed by atoms with E-state index in [1.165, 1.54) is 19.3 Å². The molecule has 1 aromatic rings. The highest BCUT2D eigenvalue weighted by Crippen LogP contribution is 2.31. The van der Waals surface area contributed by atoms with Gasteiger partial charge in [0.15, 0.2) is 0 Å². The maximum Gasteiger partial charge on any atom is 0.125 e. The Bertz CT molecular complexity index is 395. The zero-order chi connectivity index (χ0) is 14.4. The summed E-state index contributed by atoms with van der Waals surface area (Å²) in [5.74, 6) is 0.626. The first-order valence-electron chi connectivity index (χ1n) is 7.79. The standard InChI is InChI=1S/C17H27NO2/c1-2-14-8-6-7-11-16(14)20-13-17(19,12-18)15-9-4-3-5-10-15/h3-5,9-10,14,16,19H,2,6-8,11-13,18H2,1H3. The van der Waals surface area contributed by atoms with Crippen molar-refractivity contribution in [2.45, 2.75) is 50.7 Å². The average molecular weight is 277 g/mol. The highest BCUT2D eigenvalue weighted by atomic mass is 16.5. The summed E-state index contributed by atoms with van der Waals surface area (Å²) >= 11 is 0. The summed E-state index contributed by atoms with van der Waals surface area (Å²) in [5.41, 5.74) is 5.56. The maximum atomic E-state index is 10.7. The molecule has 1 fully saturated rings. The molecule has 1 aliphatic carbocycles. The molecule has 0 spiro atoms. The third-order valence-corrected chi connectivity index (χ3v) is 4.55. The first-order chi connectivity index (χ1) is 9.69. The predicted molar refractivity (Wildman–Crippen MR) is 81.4 cm³/mol. The van der Waals surface area contributed by atoms with Gasteiger partial charge in [-0.15, -0.1) is 0 Å². The van der Waals surface area contributed by atoms with Crippen LogP contribution in [0.4, 0.5) is 0 Å². The van der Waals surface area contributed by atoms with E-state index in [1.54, 1.807) is 0 Å². The summed E-state index contributed by atoms with van der Waals surface area (Å²) < 4.78 is 6.07. The van der Waals surface area contributed by atoms with Crippen molar-refractivity contribution in [3.8, 4) is 0 Å². The second kappa shape index (κ2) is 7.21. The lowest BCUT2D eigenvalue weighted by atomic mass is 9.84. The summed E-state index contributed by atoms with van der Waals surface area (Å²) in [6, 6.07) is 9.61. The molecular weight excluding hydrogens is 250 g/mol. The Morgan fingerprint density at radius 3 is 2.60 bits per heavy atom. The zero-order valence-electron chi connectivity index (χ0n) is 12.4.